The van der Waals surface area contributed by atoms with Gasteiger partial charge in [-0.1, -0.05) is 18.2 Å². The molecular formula is C14H13FN2O2S. The van der Waals surface area contributed by atoms with Crippen LogP contribution >= 0.6 is 0 Å². The Hall–Kier alpha value is -2.08. The van der Waals surface area contributed by atoms with Crippen molar-refractivity contribution in [2.75, 3.05) is 6.26 Å². The molecule has 0 spiro atoms. The van der Waals surface area contributed by atoms with Crippen LogP contribution in [0.2, 0.25) is 0 Å². The van der Waals surface area contributed by atoms with Gasteiger partial charge in [-0.2, -0.15) is 4.36 Å². The van der Waals surface area contributed by atoms with Gasteiger partial charge < -0.3 is 0 Å². The third kappa shape index (κ3) is 3.71. The Morgan fingerprint density at radius 3 is 2.55 bits per heavy atom. The molecule has 104 valence electrons. The summed E-state index contributed by atoms with van der Waals surface area (Å²) in [4.78, 5) is 15.8. The molecule has 0 radical (unpaired) electrons. The van der Waals surface area contributed by atoms with Crippen LogP contribution < -0.4 is 0 Å². The number of amides is 1. The third-order valence-corrected chi connectivity index (χ3v) is 4.14. The first-order valence-electron chi connectivity index (χ1n) is 5.88. The van der Waals surface area contributed by atoms with Crippen LogP contribution in [0.5, 0.6) is 0 Å². The highest BCUT2D eigenvalue weighted by Gasteiger charge is 2.10. The van der Waals surface area contributed by atoms with Gasteiger partial charge in [0.05, 0.1) is 16.1 Å². The summed E-state index contributed by atoms with van der Waals surface area (Å²) in [5.74, 6) is -0.888. The average molecular weight is 292 g/mol. The van der Waals surface area contributed by atoms with Crippen LogP contribution in [0, 0.1) is 5.82 Å². The van der Waals surface area contributed by atoms with Crippen LogP contribution in [0.1, 0.15) is 5.56 Å². The highest BCUT2D eigenvalue weighted by atomic mass is 32.2. The van der Waals surface area contributed by atoms with Gasteiger partial charge >= 0.3 is 0 Å². The topological polar surface area (TPSA) is 59.4 Å². The van der Waals surface area contributed by atoms with E-state index in [4.69, 9.17) is 0 Å². The molecule has 0 aliphatic heterocycles. The monoisotopic (exact) mass is 292 g/mol. The lowest BCUT2D eigenvalue weighted by molar-refractivity contribution is -0.117. The first-order chi connectivity index (χ1) is 9.47. The minimum atomic E-state index is -2.85. The fourth-order valence-corrected chi connectivity index (χ4v) is 2.76. The minimum absolute atomic E-state index is 0.0159. The third-order valence-electron chi connectivity index (χ3n) is 2.57. The molecule has 1 atom stereocenters. The molecule has 1 aromatic heterocycles. The minimum Gasteiger partial charge on any atom is -0.272 e. The van der Waals surface area contributed by atoms with Crippen molar-refractivity contribution in [2.24, 2.45) is 4.36 Å². The summed E-state index contributed by atoms with van der Waals surface area (Å²) in [5.41, 5.74) is 0.622. The number of hydrogen-bond donors (Lipinski definition) is 0. The fraction of sp³-hybridized carbons (Fsp3) is 0.143. The SMILES string of the molecule is CS(=O)(=NC(=O)Cc1ccc(F)cc1)c1ccccn1. The van der Waals surface area contributed by atoms with Crippen molar-refractivity contribution in [2.45, 2.75) is 11.4 Å². The van der Waals surface area contributed by atoms with Gasteiger partial charge in [0.25, 0.3) is 5.91 Å². The second kappa shape index (κ2) is 5.92. The number of nitrogens with zero attached hydrogens (tertiary/aromatic N) is 2. The fourth-order valence-electron chi connectivity index (χ4n) is 1.62. The van der Waals surface area contributed by atoms with E-state index >= 15 is 0 Å². The summed E-state index contributed by atoms with van der Waals surface area (Å²) in [7, 11) is -2.85. The van der Waals surface area contributed by atoms with Gasteiger partial charge in [-0.05, 0) is 29.8 Å². The Morgan fingerprint density at radius 1 is 1.25 bits per heavy atom. The quantitative estimate of drug-likeness (QED) is 0.873. The average Bonchev–Trinajstić information content (AvgIpc) is 2.42. The number of hydrogen-bond acceptors (Lipinski definition) is 3. The van der Waals surface area contributed by atoms with Crippen molar-refractivity contribution >= 4 is 15.6 Å². The van der Waals surface area contributed by atoms with E-state index in [1.807, 2.05) is 0 Å². The molecule has 0 aliphatic rings. The van der Waals surface area contributed by atoms with Crippen LogP contribution in [0.4, 0.5) is 4.39 Å². The van der Waals surface area contributed by atoms with E-state index in [1.54, 1.807) is 18.2 Å². The molecule has 4 nitrogen and oxygen atoms in total. The van der Waals surface area contributed by atoms with Crippen molar-refractivity contribution in [1.82, 2.24) is 4.98 Å². The second-order valence-corrected chi connectivity index (χ2v) is 6.46. The van der Waals surface area contributed by atoms with Crippen molar-refractivity contribution in [3.8, 4) is 0 Å². The Balaban J connectivity index is 2.20. The lowest BCUT2D eigenvalue weighted by Crippen LogP contribution is -2.07. The van der Waals surface area contributed by atoms with E-state index in [0.29, 0.717) is 5.56 Å². The number of carbonyl (C=O) groups excluding carboxylic acids is 1. The number of pyridine rings is 1. The predicted molar refractivity (Wildman–Crippen MR) is 74.1 cm³/mol. The van der Waals surface area contributed by atoms with Crippen LogP contribution in [0.25, 0.3) is 0 Å². The maximum absolute atomic E-state index is 12.8. The van der Waals surface area contributed by atoms with E-state index in [0.717, 1.165) is 0 Å². The second-order valence-electron chi connectivity index (χ2n) is 4.26. The number of benzene rings is 1. The van der Waals surface area contributed by atoms with E-state index in [9.17, 15) is 13.4 Å². The molecule has 0 bridgehead atoms. The van der Waals surface area contributed by atoms with E-state index in [2.05, 4.69) is 9.35 Å². The number of rotatable bonds is 3. The Morgan fingerprint density at radius 2 is 1.95 bits per heavy atom. The molecule has 6 heteroatoms. The number of carbonyl (C=O) groups is 1. The maximum atomic E-state index is 12.8. The number of halogens is 1. The van der Waals surface area contributed by atoms with Crippen molar-refractivity contribution < 1.29 is 13.4 Å². The molecule has 1 unspecified atom stereocenters. The molecule has 20 heavy (non-hydrogen) atoms. The lowest BCUT2D eigenvalue weighted by atomic mass is 10.1. The molecule has 2 aromatic rings. The summed E-state index contributed by atoms with van der Waals surface area (Å²) in [6.07, 6.45) is 2.86. The van der Waals surface area contributed by atoms with Crippen molar-refractivity contribution in [3.63, 3.8) is 0 Å². The van der Waals surface area contributed by atoms with Gasteiger partial charge in [0, 0.05) is 12.5 Å². The van der Waals surface area contributed by atoms with Gasteiger partial charge in [0.15, 0.2) is 0 Å². The van der Waals surface area contributed by atoms with Gasteiger partial charge in [-0.25, -0.2) is 13.6 Å². The largest absolute Gasteiger partial charge is 0.272 e. The molecule has 0 saturated carbocycles. The number of aromatic nitrogens is 1. The maximum Gasteiger partial charge on any atom is 0.258 e. The smallest absolute Gasteiger partial charge is 0.258 e. The zero-order chi connectivity index (χ0) is 14.6. The zero-order valence-electron chi connectivity index (χ0n) is 10.8. The molecular weight excluding hydrogens is 279 g/mol. The molecule has 1 heterocycles. The normalized spacial score (nSPS) is 13.5. The van der Waals surface area contributed by atoms with E-state index < -0.39 is 15.6 Å². The van der Waals surface area contributed by atoms with Crippen LogP contribution in [-0.2, 0) is 20.9 Å². The molecule has 1 aromatic carbocycles. The Kier molecular flexibility index (Phi) is 4.24. The van der Waals surface area contributed by atoms with Crippen molar-refractivity contribution in [1.29, 1.82) is 0 Å². The predicted octanol–water partition coefficient (Wildman–Crippen LogP) is 2.45. The van der Waals surface area contributed by atoms with E-state index in [-0.39, 0.29) is 17.3 Å². The summed E-state index contributed by atoms with van der Waals surface area (Å²) in [6.45, 7) is 0. The standard InChI is InChI=1S/C14H13FN2O2S/c1-20(19,14-4-2-3-9-16-14)17-13(18)10-11-5-7-12(15)8-6-11/h2-9H,10H2,1H3. The Labute approximate surface area is 116 Å². The molecule has 1 amide bonds. The van der Waals surface area contributed by atoms with Gasteiger partial charge in [0.2, 0.25) is 0 Å². The highest BCUT2D eigenvalue weighted by molar-refractivity contribution is 7.93. The lowest BCUT2D eigenvalue weighted by Gasteiger charge is -2.02. The summed E-state index contributed by atoms with van der Waals surface area (Å²) < 4.78 is 28.8. The summed E-state index contributed by atoms with van der Waals surface area (Å²) >= 11 is 0. The molecule has 0 N–H and O–H groups in total. The van der Waals surface area contributed by atoms with Crippen molar-refractivity contribution in [3.05, 3.63) is 60.0 Å². The molecule has 0 saturated heterocycles. The zero-order valence-corrected chi connectivity index (χ0v) is 11.6. The molecule has 0 fully saturated rings. The molecule has 0 aliphatic carbocycles. The molecule has 2 rings (SSSR count). The van der Waals surface area contributed by atoms with Crippen LogP contribution in [0.3, 0.4) is 0 Å². The first kappa shape index (κ1) is 14.3. The van der Waals surface area contributed by atoms with E-state index in [1.165, 1.54) is 36.7 Å². The highest BCUT2D eigenvalue weighted by Crippen LogP contribution is 2.09. The van der Waals surface area contributed by atoms with Crippen LogP contribution in [0.15, 0.2) is 58.1 Å². The summed E-state index contributed by atoms with van der Waals surface area (Å²) in [5, 5.41) is 0.271. The summed E-state index contributed by atoms with van der Waals surface area (Å²) in [6, 6.07) is 10.5. The van der Waals surface area contributed by atoms with Gasteiger partial charge in [0.1, 0.15) is 10.8 Å². The first-order valence-corrected chi connectivity index (χ1v) is 7.80. The van der Waals surface area contributed by atoms with Gasteiger partial charge in [-0.3, -0.25) is 4.79 Å². The van der Waals surface area contributed by atoms with Gasteiger partial charge in [-0.15, -0.1) is 0 Å². The van der Waals surface area contributed by atoms with Crippen LogP contribution in [-0.4, -0.2) is 21.4 Å². The Bertz CT molecular complexity index is 721.